The van der Waals surface area contributed by atoms with Crippen molar-refractivity contribution >= 4 is 52.6 Å². The van der Waals surface area contributed by atoms with Crippen LogP contribution in [0, 0.1) is 3.57 Å². The van der Waals surface area contributed by atoms with E-state index in [0.29, 0.717) is 55.6 Å². The number of halogens is 1. The minimum atomic E-state index is -0.393. The molecule has 0 radical (unpaired) electrons. The number of nitrogens with one attached hydrogen (secondary N) is 1. The Morgan fingerprint density at radius 3 is 2.08 bits per heavy atom. The molecular weight excluding hydrogens is 589 g/mol. The number of benzene rings is 2. The zero-order valence-electron chi connectivity index (χ0n) is 20.0. The van der Waals surface area contributed by atoms with E-state index in [9.17, 15) is 4.79 Å². The minimum absolute atomic E-state index is 0.359. The van der Waals surface area contributed by atoms with Crippen LogP contribution in [0.15, 0.2) is 53.6 Å². The first-order valence-corrected chi connectivity index (χ1v) is 13.0. The van der Waals surface area contributed by atoms with Crippen molar-refractivity contribution in [2.45, 2.75) is 0 Å². The van der Waals surface area contributed by atoms with Gasteiger partial charge in [-0.1, -0.05) is 12.1 Å². The summed E-state index contributed by atoms with van der Waals surface area (Å²) in [6.45, 7) is 5.41. The fourth-order valence-corrected chi connectivity index (χ4v) is 4.40. The lowest BCUT2D eigenvalue weighted by atomic mass is 10.2. The first-order chi connectivity index (χ1) is 18.2. The van der Waals surface area contributed by atoms with Gasteiger partial charge >= 0.3 is 5.97 Å². The molecule has 1 N–H and O–H groups in total. The van der Waals surface area contributed by atoms with E-state index >= 15 is 0 Å². The first-order valence-electron chi connectivity index (χ1n) is 11.9. The smallest absolute Gasteiger partial charge is 0.344 e. The second-order valence-corrected chi connectivity index (χ2v) is 9.43. The Bertz CT molecular complexity index is 1210. The molecule has 0 bridgehead atoms. The molecule has 2 aliphatic rings. The van der Waals surface area contributed by atoms with Gasteiger partial charge in [-0.3, -0.25) is 0 Å². The van der Waals surface area contributed by atoms with Crippen LogP contribution in [0.2, 0.25) is 0 Å². The molecule has 0 saturated carbocycles. The number of nitrogens with zero attached hydrogens (tertiary/aromatic N) is 6. The van der Waals surface area contributed by atoms with E-state index in [2.05, 4.69) is 52.9 Å². The van der Waals surface area contributed by atoms with Crippen molar-refractivity contribution in [3.8, 4) is 5.75 Å². The topological polar surface area (TPSA) is 114 Å². The lowest BCUT2D eigenvalue weighted by molar-refractivity contribution is 0.0733. The number of anilines is 3. The summed E-state index contributed by atoms with van der Waals surface area (Å²) in [5.41, 5.74) is 4.28. The molecule has 37 heavy (non-hydrogen) atoms. The molecule has 3 heterocycles. The fourth-order valence-electron chi connectivity index (χ4n) is 3.79. The number of morpholine rings is 2. The number of aromatic nitrogens is 3. The highest BCUT2D eigenvalue weighted by atomic mass is 127. The third kappa shape index (κ3) is 6.70. The van der Waals surface area contributed by atoms with Gasteiger partial charge in [-0.25, -0.2) is 10.2 Å². The highest BCUT2D eigenvalue weighted by Gasteiger charge is 2.20. The fraction of sp³-hybridized carbons (Fsp3) is 0.320. The van der Waals surface area contributed by atoms with Crippen LogP contribution in [0.25, 0.3) is 0 Å². The predicted molar refractivity (Wildman–Crippen MR) is 148 cm³/mol. The average molecular weight is 615 g/mol. The van der Waals surface area contributed by atoms with E-state index in [1.807, 2.05) is 30.3 Å². The van der Waals surface area contributed by atoms with Crippen molar-refractivity contribution in [2.75, 3.05) is 67.8 Å². The van der Waals surface area contributed by atoms with Gasteiger partial charge in [0, 0.05) is 29.7 Å². The van der Waals surface area contributed by atoms with Gasteiger partial charge in [0.1, 0.15) is 5.75 Å². The van der Waals surface area contributed by atoms with E-state index in [1.165, 1.54) is 0 Å². The second kappa shape index (κ2) is 12.3. The van der Waals surface area contributed by atoms with Crippen LogP contribution >= 0.6 is 22.6 Å². The summed E-state index contributed by atoms with van der Waals surface area (Å²) in [6.07, 6.45) is 1.65. The van der Waals surface area contributed by atoms with Gasteiger partial charge < -0.3 is 24.0 Å². The third-order valence-corrected chi connectivity index (χ3v) is 6.70. The Hall–Kier alpha value is -3.36. The summed E-state index contributed by atoms with van der Waals surface area (Å²) in [6, 6.07) is 14.4. The Kier molecular flexibility index (Phi) is 8.38. The maximum Gasteiger partial charge on any atom is 0.344 e. The molecule has 3 aromatic rings. The zero-order chi connectivity index (χ0) is 25.5. The molecule has 0 atom stereocenters. The van der Waals surface area contributed by atoms with E-state index in [0.717, 1.165) is 35.3 Å². The van der Waals surface area contributed by atoms with E-state index in [4.69, 9.17) is 19.2 Å². The molecule has 2 fully saturated rings. The standard InChI is InChI=1S/C25H26IN7O4/c26-21-4-2-1-3-20(21)22(34)37-19-7-5-18(6-8-19)17-27-31-23-28-24(32-9-13-35-14-10-32)30-25(29-23)33-11-15-36-16-12-33/h1-8,17H,9-16H2,(H,28,29,30,31). The Morgan fingerprint density at radius 1 is 0.892 bits per heavy atom. The van der Waals surface area contributed by atoms with Gasteiger partial charge in [0.15, 0.2) is 0 Å². The Labute approximate surface area is 228 Å². The molecule has 5 rings (SSSR count). The second-order valence-electron chi connectivity index (χ2n) is 8.27. The van der Waals surface area contributed by atoms with E-state index in [1.54, 1.807) is 24.4 Å². The van der Waals surface area contributed by atoms with Gasteiger partial charge in [-0.05, 0) is 64.6 Å². The van der Waals surface area contributed by atoms with Crippen LogP contribution in [-0.4, -0.2) is 79.7 Å². The summed E-state index contributed by atoms with van der Waals surface area (Å²) in [5.74, 6) is 1.61. The predicted octanol–water partition coefficient (Wildman–Crippen LogP) is 2.81. The van der Waals surface area contributed by atoms with Gasteiger partial charge in [0.25, 0.3) is 0 Å². The monoisotopic (exact) mass is 615 g/mol. The largest absolute Gasteiger partial charge is 0.423 e. The summed E-state index contributed by atoms with van der Waals surface area (Å²) in [7, 11) is 0. The molecule has 11 nitrogen and oxygen atoms in total. The highest BCUT2D eigenvalue weighted by Crippen LogP contribution is 2.19. The van der Waals surface area contributed by atoms with Crippen LogP contribution in [0.5, 0.6) is 5.75 Å². The van der Waals surface area contributed by atoms with Crippen molar-refractivity contribution in [1.29, 1.82) is 0 Å². The summed E-state index contributed by atoms with van der Waals surface area (Å²) >= 11 is 2.12. The number of rotatable bonds is 7. The Balaban J connectivity index is 1.25. The van der Waals surface area contributed by atoms with Crippen LogP contribution in [-0.2, 0) is 9.47 Å². The molecule has 1 aromatic heterocycles. The molecule has 2 aromatic carbocycles. The Morgan fingerprint density at radius 2 is 1.49 bits per heavy atom. The quantitative estimate of drug-likeness (QED) is 0.140. The number of esters is 1. The molecule has 0 aliphatic carbocycles. The number of hydrazone groups is 1. The van der Waals surface area contributed by atoms with Crippen LogP contribution in [0.4, 0.5) is 17.8 Å². The van der Waals surface area contributed by atoms with Crippen molar-refractivity contribution in [3.05, 3.63) is 63.2 Å². The molecule has 192 valence electrons. The normalized spacial score (nSPS) is 16.1. The van der Waals surface area contributed by atoms with Crippen molar-refractivity contribution < 1.29 is 19.0 Å². The van der Waals surface area contributed by atoms with Crippen molar-refractivity contribution in [3.63, 3.8) is 0 Å². The number of carbonyl (C=O) groups excluding carboxylic acids is 1. The molecule has 2 aliphatic heterocycles. The maximum atomic E-state index is 12.4. The maximum absolute atomic E-state index is 12.4. The lowest BCUT2D eigenvalue weighted by Crippen LogP contribution is -2.40. The number of ether oxygens (including phenoxy) is 3. The van der Waals surface area contributed by atoms with Crippen LogP contribution in [0.3, 0.4) is 0 Å². The SMILES string of the molecule is O=C(Oc1ccc(C=NNc2nc(N3CCOCC3)nc(N3CCOCC3)n2)cc1)c1ccccc1I. The van der Waals surface area contributed by atoms with Crippen molar-refractivity contribution in [1.82, 2.24) is 15.0 Å². The van der Waals surface area contributed by atoms with Gasteiger partial charge in [0.2, 0.25) is 17.8 Å². The summed E-state index contributed by atoms with van der Waals surface area (Å²) in [4.78, 5) is 30.4. The molecule has 0 spiro atoms. The molecule has 2 saturated heterocycles. The lowest BCUT2D eigenvalue weighted by Gasteiger charge is -2.30. The van der Waals surface area contributed by atoms with Crippen LogP contribution in [0.1, 0.15) is 15.9 Å². The summed E-state index contributed by atoms with van der Waals surface area (Å²) < 4.78 is 17.3. The highest BCUT2D eigenvalue weighted by molar-refractivity contribution is 14.1. The molecule has 12 heteroatoms. The van der Waals surface area contributed by atoms with E-state index in [-0.39, 0.29) is 0 Å². The zero-order valence-corrected chi connectivity index (χ0v) is 22.2. The average Bonchev–Trinajstić information content (AvgIpc) is 2.95. The first kappa shape index (κ1) is 25.3. The van der Waals surface area contributed by atoms with Crippen LogP contribution < -0.4 is 20.0 Å². The minimum Gasteiger partial charge on any atom is -0.423 e. The van der Waals surface area contributed by atoms with Gasteiger partial charge in [0.05, 0.1) is 38.2 Å². The van der Waals surface area contributed by atoms with Crippen molar-refractivity contribution in [2.24, 2.45) is 5.10 Å². The number of hydrogen-bond donors (Lipinski definition) is 1. The number of carbonyl (C=O) groups is 1. The van der Waals surface area contributed by atoms with Gasteiger partial charge in [-0.2, -0.15) is 20.1 Å². The number of hydrogen-bond acceptors (Lipinski definition) is 11. The molecule has 0 unspecified atom stereocenters. The third-order valence-electron chi connectivity index (χ3n) is 5.76. The van der Waals surface area contributed by atoms with E-state index < -0.39 is 5.97 Å². The molecule has 0 amide bonds. The summed E-state index contributed by atoms with van der Waals surface area (Å²) in [5, 5.41) is 4.31. The van der Waals surface area contributed by atoms with Gasteiger partial charge in [-0.15, -0.1) is 0 Å². The molecular formula is C25H26IN7O4.